The van der Waals surface area contributed by atoms with Crippen LogP contribution in [-0.4, -0.2) is 50.3 Å². The molecule has 23 heavy (non-hydrogen) atoms. The van der Waals surface area contributed by atoms with Gasteiger partial charge in [0.1, 0.15) is 5.69 Å². The van der Waals surface area contributed by atoms with Crippen molar-refractivity contribution < 1.29 is 14.3 Å². The summed E-state index contributed by atoms with van der Waals surface area (Å²) in [6.07, 6.45) is 8.14. The van der Waals surface area contributed by atoms with E-state index in [9.17, 15) is 9.59 Å². The average molecular weight is 316 g/mol. The Bertz CT molecular complexity index is 679. The van der Waals surface area contributed by atoms with Crippen molar-refractivity contribution in [3.05, 3.63) is 30.4 Å². The number of likely N-dealkylation sites (tertiary alicyclic amines) is 1. The standard InChI is InChI=1S/C16H20N4O3/c1-2-23-14(21)10-12-6-3-4-9-20(12)15(22)13-11-19-8-5-7-17-16(19)18-13/h5,7-8,11-12H,2-4,6,9-10H2,1H3. The molecule has 0 N–H and O–H groups in total. The SMILES string of the molecule is CCOC(=O)CC1CCCCN1C(=O)c1cn2cccnc2n1. The molecule has 1 amide bonds. The molecule has 0 bridgehead atoms. The number of esters is 1. The third kappa shape index (κ3) is 3.33. The van der Waals surface area contributed by atoms with Crippen LogP contribution in [-0.2, 0) is 9.53 Å². The van der Waals surface area contributed by atoms with Gasteiger partial charge in [-0.3, -0.25) is 14.0 Å². The predicted molar refractivity (Wildman–Crippen MR) is 82.9 cm³/mol. The monoisotopic (exact) mass is 316 g/mol. The number of aromatic nitrogens is 3. The minimum Gasteiger partial charge on any atom is -0.466 e. The van der Waals surface area contributed by atoms with Crippen LogP contribution in [0.25, 0.3) is 5.78 Å². The zero-order valence-electron chi connectivity index (χ0n) is 13.1. The highest BCUT2D eigenvalue weighted by Gasteiger charge is 2.30. The van der Waals surface area contributed by atoms with Gasteiger partial charge < -0.3 is 9.64 Å². The van der Waals surface area contributed by atoms with E-state index in [1.807, 2.05) is 0 Å². The lowest BCUT2D eigenvalue weighted by Gasteiger charge is -2.34. The minimum absolute atomic E-state index is 0.118. The van der Waals surface area contributed by atoms with Crippen LogP contribution in [0.2, 0.25) is 0 Å². The lowest BCUT2D eigenvalue weighted by atomic mass is 9.99. The van der Waals surface area contributed by atoms with Gasteiger partial charge in [0.25, 0.3) is 5.91 Å². The maximum absolute atomic E-state index is 12.8. The van der Waals surface area contributed by atoms with Gasteiger partial charge in [0.2, 0.25) is 5.78 Å². The number of ether oxygens (including phenoxy) is 1. The van der Waals surface area contributed by atoms with Crippen molar-refractivity contribution in [2.24, 2.45) is 0 Å². The quantitative estimate of drug-likeness (QED) is 0.802. The van der Waals surface area contributed by atoms with Gasteiger partial charge in [0, 0.05) is 31.2 Å². The maximum atomic E-state index is 12.8. The first-order valence-corrected chi connectivity index (χ1v) is 7.95. The molecule has 1 fully saturated rings. The first kappa shape index (κ1) is 15.5. The van der Waals surface area contributed by atoms with Gasteiger partial charge in [-0.15, -0.1) is 0 Å². The van der Waals surface area contributed by atoms with Crippen LogP contribution in [0.3, 0.4) is 0 Å². The van der Waals surface area contributed by atoms with E-state index in [0.29, 0.717) is 24.6 Å². The van der Waals surface area contributed by atoms with E-state index in [1.54, 1.807) is 40.9 Å². The fourth-order valence-corrected chi connectivity index (χ4v) is 2.97. The number of imidazole rings is 1. The van der Waals surface area contributed by atoms with Crippen molar-refractivity contribution in [1.82, 2.24) is 19.3 Å². The first-order valence-electron chi connectivity index (χ1n) is 7.95. The topological polar surface area (TPSA) is 76.8 Å². The van der Waals surface area contributed by atoms with Crippen molar-refractivity contribution in [2.75, 3.05) is 13.2 Å². The van der Waals surface area contributed by atoms with Crippen molar-refractivity contribution in [3.63, 3.8) is 0 Å². The summed E-state index contributed by atoms with van der Waals surface area (Å²) in [6, 6.07) is 1.67. The number of hydrogen-bond acceptors (Lipinski definition) is 5. The number of piperidine rings is 1. The molecule has 1 unspecified atom stereocenters. The Morgan fingerprint density at radius 2 is 2.26 bits per heavy atom. The molecule has 1 atom stereocenters. The maximum Gasteiger partial charge on any atom is 0.307 e. The van der Waals surface area contributed by atoms with E-state index >= 15 is 0 Å². The highest BCUT2D eigenvalue weighted by molar-refractivity contribution is 5.93. The number of fused-ring (bicyclic) bond motifs is 1. The molecule has 122 valence electrons. The Labute approximate surface area is 134 Å². The van der Waals surface area contributed by atoms with Crippen molar-refractivity contribution in [3.8, 4) is 0 Å². The second kappa shape index (κ2) is 6.76. The number of amides is 1. The molecule has 7 heteroatoms. The van der Waals surface area contributed by atoms with Gasteiger partial charge in [-0.2, -0.15) is 0 Å². The van der Waals surface area contributed by atoms with Crippen LogP contribution in [0, 0.1) is 0 Å². The van der Waals surface area contributed by atoms with Crippen molar-refractivity contribution in [1.29, 1.82) is 0 Å². The molecular formula is C16H20N4O3. The van der Waals surface area contributed by atoms with Gasteiger partial charge in [-0.05, 0) is 32.3 Å². The zero-order chi connectivity index (χ0) is 16.2. The summed E-state index contributed by atoms with van der Waals surface area (Å²) in [5.74, 6) is 0.0909. The molecule has 0 radical (unpaired) electrons. The normalized spacial score (nSPS) is 18.1. The molecule has 0 aromatic carbocycles. The predicted octanol–water partition coefficient (Wildman–Crippen LogP) is 1.68. The highest BCUT2D eigenvalue weighted by Crippen LogP contribution is 2.22. The van der Waals surface area contributed by atoms with Gasteiger partial charge >= 0.3 is 5.97 Å². The summed E-state index contributed by atoms with van der Waals surface area (Å²) in [6.45, 7) is 2.78. The molecule has 0 aliphatic carbocycles. The van der Waals surface area contributed by atoms with E-state index in [1.165, 1.54) is 0 Å². The molecule has 0 saturated carbocycles. The lowest BCUT2D eigenvalue weighted by Crippen LogP contribution is -2.45. The lowest BCUT2D eigenvalue weighted by molar-refractivity contribution is -0.144. The number of carbonyl (C=O) groups excluding carboxylic acids is 2. The molecule has 7 nitrogen and oxygen atoms in total. The van der Waals surface area contributed by atoms with Crippen molar-refractivity contribution in [2.45, 2.75) is 38.6 Å². The van der Waals surface area contributed by atoms with Crippen LogP contribution in [0.1, 0.15) is 43.1 Å². The number of rotatable bonds is 4. The number of hydrogen-bond donors (Lipinski definition) is 0. The summed E-state index contributed by atoms with van der Waals surface area (Å²) in [4.78, 5) is 34.7. The van der Waals surface area contributed by atoms with E-state index in [0.717, 1.165) is 19.3 Å². The summed E-state index contributed by atoms with van der Waals surface area (Å²) in [5, 5.41) is 0. The fraction of sp³-hybridized carbons (Fsp3) is 0.500. The molecule has 0 spiro atoms. The van der Waals surface area contributed by atoms with Gasteiger partial charge in [0.05, 0.1) is 13.0 Å². The Morgan fingerprint density at radius 3 is 3.04 bits per heavy atom. The smallest absolute Gasteiger partial charge is 0.307 e. The van der Waals surface area contributed by atoms with E-state index in [4.69, 9.17) is 4.74 Å². The molecular weight excluding hydrogens is 296 g/mol. The zero-order valence-corrected chi connectivity index (χ0v) is 13.1. The molecule has 2 aromatic rings. The van der Waals surface area contributed by atoms with Gasteiger partial charge in [-0.1, -0.05) is 0 Å². The van der Waals surface area contributed by atoms with Crippen LogP contribution in [0.5, 0.6) is 0 Å². The third-order valence-corrected chi connectivity index (χ3v) is 4.05. The summed E-state index contributed by atoms with van der Waals surface area (Å²) in [7, 11) is 0. The van der Waals surface area contributed by atoms with Crippen LogP contribution < -0.4 is 0 Å². The molecule has 1 aliphatic rings. The Morgan fingerprint density at radius 1 is 1.39 bits per heavy atom. The summed E-state index contributed by atoms with van der Waals surface area (Å²) in [5.41, 5.74) is 0.361. The number of carbonyl (C=O) groups is 2. The van der Waals surface area contributed by atoms with Gasteiger partial charge in [0.15, 0.2) is 0 Å². The largest absolute Gasteiger partial charge is 0.466 e. The van der Waals surface area contributed by atoms with Crippen LogP contribution in [0.15, 0.2) is 24.7 Å². The molecule has 1 aliphatic heterocycles. The molecule has 3 rings (SSSR count). The Balaban J connectivity index is 1.79. The summed E-state index contributed by atoms with van der Waals surface area (Å²) < 4.78 is 6.74. The van der Waals surface area contributed by atoms with Crippen LogP contribution >= 0.6 is 0 Å². The highest BCUT2D eigenvalue weighted by atomic mass is 16.5. The fourth-order valence-electron chi connectivity index (χ4n) is 2.97. The average Bonchev–Trinajstić information content (AvgIpc) is 2.99. The van der Waals surface area contributed by atoms with E-state index in [-0.39, 0.29) is 24.3 Å². The van der Waals surface area contributed by atoms with Gasteiger partial charge in [-0.25, -0.2) is 9.97 Å². The third-order valence-electron chi connectivity index (χ3n) is 4.05. The van der Waals surface area contributed by atoms with Crippen LogP contribution in [0.4, 0.5) is 0 Å². The molecule has 3 heterocycles. The number of nitrogens with zero attached hydrogens (tertiary/aromatic N) is 4. The Kier molecular flexibility index (Phi) is 4.55. The summed E-state index contributed by atoms with van der Waals surface area (Å²) >= 11 is 0. The van der Waals surface area contributed by atoms with E-state index < -0.39 is 0 Å². The van der Waals surface area contributed by atoms with E-state index in [2.05, 4.69) is 9.97 Å². The molecule has 2 aromatic heterocycles. The first-order chi connectivity index (χ1) is 11.2. The minimum atomic E-state index is -0.256. The molecule has 1 saturated heterocycles. The van der Waals surface area contributed by atoms with Crippen molar-refractivity contribution >= 4 is 17.7 Å². The second-order valence-corrected chi connectivity index (χ2v) is 5.61. The Hall–Kier alpha value is -2.44. The second-order valence-electron chi connectivity index (χ2n) is 5.61.